The lowest BCUT2D eigenvalue weighted by Gasteiger charge is -2.24. The molecule has 1 heterocycles. The van der Waals surface area contributed by atoms with Crippen molar-refractivity contribution in [2.45, 2.75) is 32.2 Å². The van der Waals surface area contributed by atoms with Crippen molar-refractivity contribution < 1.29 is 8.78 Å². The molecule has 0 radical (unpaired) electrons. The Labute approximate surface area is 160 Å². The number of likely N-dealkylation sites (tertiary alicyclic amines) is 1. The number of nitrogens with zero attached hydrogens (tertiary/aromatic N) is 2. The zero-order valence-electron chi connectivity index (χ0n) is 14.3. The number of rotatable bonds is 6. The fourth-order valence-corrected chi connectivity index (χ4v) is 3.03. The fourth-order valence-electron chi connectivity index (χ4n) is 3.03. The SMILES string of the molecule is CCN1CCCC1CNC(=NC)NCCc1cccc(F)c1F.I. The van der Waals surface area contributed by atoms with Gasteiger partial charge in [0.1, 0.15) is 0 Å². The molecule has 0 amide bonds. The van der Waals surface area contributed by atoms with E-state index in [0.29, 0.717) is 30.5 Å². The Morgan fingerprint density at radius 2 is 2.12 bits per heavy atom. The molecule has 1 aliphatic heterocycles. The smallest absolute Gasteiger partial charge is 0.191 e. The van der Waals surface area contributed by atoms with Gasteiger partial charge in [-0.25, -0.2) is 8.78 Å². The molecule has 0 bridgehead atoms. The quantitative estimate of drug-likeness (QED) is 0.396. The van der Waals surface area contributed by atoms with E-state index in [-0.39, 0.29) is 24.0 Å². The molecule has 24 heavy (non-hydrogen) atoms. The van der Waals surface area contributed by atoms with Crippen molar-refractivity contribution in [3.8, 4) is 0 Å². The molecule has 136 valence electrons. The number of benzene rings is 1. The van der Waals surface area contributed by atoms with Gasteiger partial charge in [-0.15, -0.1) is 24.0 Å². The second-order valence-corrected chi connectivity index (χ2v) is 5.77. The molecule has 1 aromatic rings. The third kappa shape index (κ3) is 5.84. The highest BCUT2D eigenvalue weighted by Gasteiger charge is 2.22. The van der Waals surface area contributed by atoms with Gasteiger partial charge in [0.15, 0.2) is 17.6 Å². The van der Waals surface area contributed by atoms with Gasteiger partial charge < -0.3 is 10.6 Å². The van der Waals surface area contributed by atoms with Crippen molar-refractivity contribution in [1.29, 1.82) is 0 Å². The van der Waals surface area contributed by atoms with E-state index >= 15 is 0 Å². The first-order valence-corrected chi connectivity index (χ1v) is 8.27. The van der Waals surface area contributed by atoms with Crippen molar-refractivity contribution >= 4 is 29.9 Å². The van der Waals surface area contributed by atoms with Crippen LogP contribution in [0, 0.1) is 11.6 Å². The summed E-state index contributed by atoms with van der Waals surface area (Å²) in [5, 5.41) is 6.47. The summed E-state index contributed by atoms with van der Waals surface area (Å²) in [5.41, 5.74) is 0.376. The summed E-state index contributed by atoms with van der Waals surface area (Å²) in [5.74, 6) is -0.863. The lowest BCUT2D eigenvalue weighted by molar-refractivity contribution is 0.267. The van der Waals surface area contributed by atoms with Crippen molar-refractivity contribution in [2.24, 2.45) is 4.99 Å². The Morgan fingerprint density at radius 3 is 2.83 bits per heavy atom. The highest BCUT2D eigenvalue weighted by molar-refractivity contribution is 14.0. The van der Waals surface area contributed by atoms with Gasteiger partial charge in [0, 0.05) is 26.2 Å². The molecule has 0 aromatic heterocycles. The zero-order valence-corrected chi connectivity index (χ0v) is 16.6. The monoisotopic (exact) mass is 452 g/mol. The Bertz CT molecular complexity index is 539. The minimum Gasteiger partial charge on any atom is -0.356 e. The van der Waals surface area contributed by atoms with Crippen molar-refractivity contribution in [2.75, 3.05) is 33.2 Å². The van der Waals surface area contributed by atoms with Gasteiger partial charge in [-0.05, 0) is 44.0 Å². The molecule has 1 aliphatic rings. The van der Waals surface area contributed by atoms with E-state index in [1.54, 1.807) is 13.1 Å². The maximum absolute atomic E-state index is 13.6. The topological polar surface area (TPSA) is 39.7 Å². The largest absolute Gasteiger partial charge is 0.356 e. The predicted molar refractivity (Wildman–Crippen MR) is 105 cm³/mol. The Kier molecular flexibility index (Phi) is 9.50. The number of aliphatic imine (C=N–C) groups is 1. The molecule has 7 heteroatoms. The van der Waals surface area contributed by atoms with Crippen LogP contribution in [0.1, 0.15) is 25.3 Å². The molecule has 4 nitrogen and oxygen atoms in total. The number of hydrogen-bond acceptors (Lipinski definition) is 2. The zero-order chi connectivity index (χ0) is 16.7. The van der Waals surface area contributed by atoms with Crippen molar-refractivity contribution in [1.82, 2.24) is 15.5 Å². The first kappa shape index (κ1) is 21.1. The van der Waals surface area contributed by atoms with E-state index in [4.69, 9.17) is 0 Å². The lowest BCUT2D eigenvalue weighted by Crippen LogP contribution is -2.45. The number of halogens is 3. The van der Waals surface area contributed by atoms with Crippen LogP contribution >= 0.6 is 24.0 Å². The summed E-state index contributed by atoms with van der Waals surface area (Å²) in [6.45, 7) is 5.76. The molecule has 1 fully saturated rings. The first-order valence-electron chi connectivity index (χ1n) is 8.27. The molecule has 1 atom stereocenters. The van der Waals surface area contributed by atoms with Crippen LogP contribution in [0.25, 0.3) is 0 Å². The van der Waals surface area contributed by atoms with Crippen LogP contribution in [0.2, 0.25) is 0 Å². The van der Waals surface area contributed by atoms with Gasteiger partial charge in [0.05, 0.1) is 0 Å². The number of guanidine groups is 1. The fraction of sp³-hybridized carbons (Fsp3) is 0.588. The van der Waals surface area contributed by atoms with Crippen LogP contribution in [0.4, 0.5) is 8.78 Å². The second-order valence-electron chi connectivity index (χ2n) is 5.77. The minimum absolute atomic E-state index is 0. The van der Waals surface area contributed by atoms with E-state index in [0.717, 1.165) is 25.7 Å². The summed E-state index contributed by atoms with van der Waals surface area (Å²) in [6.07, 6.45) is 2.85. The van der Waals surface area contributed by atoms with Crippen molar-refractivity contribution in [3.63, 3.8) is 0 Å². The van der Waals surface area contributed by atoms with E-state index in [2.05, 4.69) is 27.4 Å². The van der Waals surface area contributed by atoms with Gasteiger partial charge in [0.25, 0.3) is 0 Å². The molecule has 2 N–H and O–H groups in total. The van der Waals surface area contributed by atoms with Crippen LogP contribution < -0.4 is 10.6 Å². The third-order valence-corrected chi connectivity index (χ3v) is 4.35. The van der Waals surface area contributed by atoms with Crippen LogP contribution in [-0.4, -0.2) is 50.1 Å². The molecule has 0 saturated carbocycles. The standard InChI is InChI=1S/C17H26F2N4.HI/c1-3-23-11-5-7-14(23)12-22-17(20-2)21-10-9-13-6-4-8-15(18)16(13)19;/h4,6,8,14H,3,5,7,9-12H2,1-2H3,(H2,20,21,22);1H. The summed E-state index contributed by atoms with van der Waals surface area (Å²) in [6, 6.07) is 4.81. The molecule has 1 aromatic carbocycles. The minimum atomic E-state index is -0.800. The molecule has 1 saturated heterocycles. The number of hydrogen-bond donors (Lipinski definition) is 2. The summed E-state index contributed by atoms with van der Waals surface area (Å²) >= 11 is 0. The van der Waals surface area contributed by atoms with Crippen LogP contribution in [0.3, 0.4) is 0 Å². The van der Waals surface area contributed by atoms with E-state index in [1.165, 1.54) is 18.9 Å². The van der Waals surface area contributed by atoms with Crippen LogP contribution in [0.15, 0.2) is 23.2 Å². The molecular weight excluding hydrogens is 425 g/mol. The van der Waals surface area contributed by atoms with Crippen molar-refractivity contribution in [3.05, 3.63) is 35.4 Å². The average molecular weight is 452 g/mol. The third-order valence-electron chi connectivity index (χ3n) is 4.35. The summed E-state index contributed by atoms with van der Waals surface area (Å²) in [7, 11) is 1.71. The van der Waals surface area contributed by atoms with E-state index < -0.39 is 11.6 Å². The maximum atomic E-state index is 13.6. The number of likely N-dealkylation sites (N-methyl/N-ethyl adjacent to an activating group) is 1. The number of nitrogens with one attached hydrogen (secondary N) is 2. The van der Waals surface area contributed by atoms with Gasteiger partial charge in [-0.1, -0.05) is 19.1 Å². The first-order chi connectivity index (χ1) is 11.2. The maximum Gasteiger partial charge on any atom is 0.191 e. The predicted octanol–water partition coefficient (Wildman–Crippen LogP) is 2.77. The van der Waals surface area contributed by atoms with E-state index in [9.17, 15) is 8.78 Å². The Hall–Kier alpha value is -0.960. The molecular formula is C17H27F2IN4. The summed E-state index contributed by atoms with van der Waals surface area (Å²) in [4.78, 5) is 6.64. The van der Waals surface area contributed by atoms with Gasteiger partial charge >= 0.3 is 0 Å². The lowest BCUT2D eigenvalue weighted by atomic mass is 10.1. The summed E-state index contributed by atoms with van der Waals surface area (Å²) < 4.78 is 26.7. The normalized spacial score (nSPS) is 18.3. The average Bonchev–Trinajstić information content (AvgIpc) is 3.02. The molecule has 0 spiro atoms. The second kappa shape index (κ2) is 10.8. The van der Waals surface area contributed by atoms with Gasteiger partial charge in [0.2, 0.25) is 0 Å². The van der Waals surface area contributed by atoms with Gasteiger partial charge in [-0.2, -0.15) is 0 Å². The highest BCUT2D eigenvalue weighted by Crippen LogP contribution is 2.15. The molecule has 0 aliphatic carbocycles. The van der Waals surface area contributed by atoms with E-state index in [1.807, 2.05) is 0 Å². The molecule has 1 unspecified atom stereocenters. The molecule has 2 rings (SSSR count). The van der Waals surface area contributed by atoms with Crippen LogP contribution in [0.5, 0.6) is 0 Å². The Balaban J connectivity index is 0.00000288. The van der Waals surface area contributed by atoms with Crippen LogP contribution in [-0.2, 0) is 6.42 Å². The highest BCUT2D eigenvalue weighted by atomic mass is 127. The van der Waals surface area contributed by atoms with Gasteiger partial charge in [-0.3, -0.25) is 9.89 Å². The Morgan fingerprint density at radius 1 is 1.33 bits per heavy atom.